The summed E-state index contributed by atoms with van der Waals surface area (Å²) in [6.07, 6.45) is 1.83. The van der Waals surface area contributed by atoms with E-state index < -0.39 is 35.9 Å². The normalized spacial score (nSPS) is 21.9. The lowest BCUT2D eigenvalue weighted by Gasteiger charge is -2.48. The van der Waals surface area contributed by atoms with Gasteiger partial charge in [0.05, 0.1) is 27.7 Å². The topological polar surface area (TPSA) is 116 Å². The molecule has 0 bridgehead atoms. The van der Waals surface area contributed by atoms with E-state index in [4.69, 9.17) is 9.16 Å². The molecule has 192 valence electrons. The summed E-state index contributed by atoms with van der Waals surface area (Å²) < 4.78 is 24.8. The number of esters is 1. The van der Waals surface area contributed by atoms with Crippen molar-refractivity contribution < 1.29 is 27.9 Å². The van der Waals surface area contributed by atoms with Gasteiger partial charge >= 0.3 is 5.97 Å². The van der Waals surface area contributed by atoms with E-state index in [1.165, 1.54) is 47.2 Å². The molecule has 1 aromatic rings. The third-order valence-corrected chi connectivity index (χ3v) is 14.1. The molecule has 2 aliphatic rings. The smallest absolute Gasteiger partial charge is 0.357 e. The van der Waals surface area contributed by atoms with Gasteiger partial charge in [0.25, 0.3) is 5.69 Å². The maximum absolute atomic E-state index is 13.3. The maximum atomic E-state index is 13.3. The van der Waals surface area contributed by atoms with Gasteiger partial charge in [-0.2, -0.15) is 0 Å². The van der Waals surface area contributed by atoms with Gasteiger partial charge in [0.15, 0.2) is 14.0 Å². The van der Waals surface area contributed by atoms with Crippen molar-refractivity contribution >= 4 is 48.4 Å². The summed E-state index contributed by atoms with van der Waals surface area (Å²) in [5.41, 5.74) is 0.517. The number of nitro benzene ring substituents is 1. The number of carbonyl (C=O) groups excluding carboxylic acids is 2. The Morgan fingerprint density at radius 1 is 1.29 bits per heavy atom. The second-order valence-electron chi connectivity index (χ2n) is 10.2. The average molecular weight is 541 g/mol. The first-order chi connectivity index (χ1) is 16.2. The number of hydrogen-bond donors (Lipinski definition) is 0. The van der Waals surface area contributed by atoms with Gasteiger partial charge in [-0.05, 0) is 42.2 Å². The number of thioether (sulfide) groups is 1. The van der Waals surface area contributed by atoms with E-state index in [9.17, 15) is 23.9 Å². The number of ether oxygens (including phenoxy) is 1. The minimum Gasteiger partial charge on any atom is -0.456 e. The minimum atomic E-state index is -2.13. The molecule has 0 N–H and O–H groups in total. The lowest BCUT2D eigenvalue weighted by Crippen LogP contribution is -2.63. The predicted octanol–water partition coefficient (Wildman–Crippen LogP) is 4.52. The Kier molecular flexibility index (Phi) is 7.99. The Morgan fingerprint density at radius 3 is 2.37 bits per heavy atom. The number of nitrogens with zero attached hydrogens (tertiary/aromatic N) is 2. The van der Waals surface area contributed by atoms with Crippen molar-refractivity contribution in [3.8, 4) is 0 Å². The van der Waals surface area contributed by atoms with E-state index in [2.05, 4.69) is 33.9 Å². The molecule has 0 radical (unpaired) electrons. The predicted molar refractivity (Wildman–Crippen MR) is 138 cm³/mol. The van der Waals surface area contributed by atoms with Gasteiger partial charge in [-0.25, -0.2) is 4.79 Å². The molecule has 12 heteroatoms. The summed E-state index contributed by atoms with van der Waals surface area (Å²) in [6.45, 7) is 12.6. The molecular weight excluding hydrogens is 508 g/mol. The molecule has 1 saturated heterocycles. The largest absolute Gasteiger partial charge is 0.456 e. The van der Waals surface area contributed by atoms with Crippen LogP contribution in [0, 0.1) is 16.0 Å². The number of rotatable bonds is 9. The number of β-lactam (4-membered cyclic amide) rings is 1. The molecule has 1 aromatic carbocycles. The molecule has 35 heavy (non-hydrogen) atoms. The molecule has 0 spiro atoms. The van der Waals surface area contributed by atoms with Crippen LogP contribution >= 0.6 is 11.8 Å². The fraction of sp³-hybridized carbons (Fsp3) is 0.565. The second kappa shape index (κ2) is 10.2. The van der Waals surface area contributed by atoms with E-state index >= 15 is 0 Å². The Balaban J connectivity index is 1.76. The standard InChI is InChI=1S/C23H32N2O7S2Si/c1-8-16(32-35(6,7)23(2,3)4)17-19(26)24-18(22(34(5)30)33-20(17)24)21(27)31-13-14-9-11-15(12-10-14)25(28)29/h9-12,16-17,20H,8,13H2,1-7H3/t16-,17+,20+,34?/m0/s1. The molecule has 0 aliphatic carbocycles. The van der Waals surface area contributed by atoms with Gasteiger partial charge in [-0.15, -0.1) is 0 Å². The molecule has 1 fully saturated rings. The van der Waals surface area contributed by atoms with Crippen LogP contribution in [0.1, 0.15) is 39.7 Å². The van der Waals surface area contributed by atoms with Gasteiger partial charge in [-0.1, -0.05) is 39.5 Å². The summed E-state index contributed by atoms with van der Waals surface area (Å²) >= 11 is 1.27. The van der Waals surface area contributed by atoms with Crippen molar-refractivity contribution in [2.24, 2.45) is 5.92 Å². The van der Waals surface area contributed by atoms with Gasteiger partial charge in [-0.3, -0.25) is 24.0 Å². The zero-order valence-corrected chi connectivity index (χ0v) is 23.7. The highest BCUT2D eigenvalue weighted by Crippen LogP contribution is 2.53. The lowest BCUT2D eigenvalue weighted by molar-refractivity contribution is -0.384. The number of amides is 1. The van der Waals surface area contributed by atoms with E-state index in [0.717, 1.165) is 0 Å². The summed E-state index contributed by atoms with van der Waals surface area (Å²) in [6, 6.07) is 5.65. The van der Waals surface area contributed by atoms with Crippen molar-refractivity contribution in [1.29, 1.82) is 0 Å². The van der Waals surface area contributed by atoms with Crippen LogP contribution in [0.3, 0.4) is 0 Å². The number of hydrogen-bond acceptors (Lipinski definition) is 8. The second-order valence-corrected chi connectivity index (χ2v) is 17.6. The summed E-state index contributed by atoms with van der Waals surface area (Å²) in [5.74, 6) is -1.40. The van der Waals surface area contributed by atoms with Crippen LogP contribution in [0.25, 0.3) is 0 Å². The quantitative estimate of drug-likeness (QED) is 0.148. The Hall–Kier alpha value is -2.02. The zero-order valence-electron chi connectivity index (χ0n) is 21.0. The SMILES string of the molecule is CC[C@H](O[Si](C)(C)C(C)(C)C)[C@@H]1C(=O)N2C(C(=O)OCc3ccc([N+](=O)[O-])cc3)=C(S(C)=O)S[C@H]12. The van der Waals surface area contributed by atoms with E-state index in [1.54, 1.807) is 0 Å². The van der Waals surface area contributed by atoms with E-state index in [0.29, 0.717) is 16.2 Å². The number of fused-ring (bicyclic) bond motifs is 1. The van der Waals surface area contributed by atoms with Crippen LogP contribution in [-0.2, 0) is 36.2 Å². The van der Waals surface area contributed by atoms with Crippen molar-refractivity contribution in [3.05, 3.63) is 49.9 Å². The summed E-state index contributed by atoms with van der Waals surface area (Å²) in [4.78, 5) is 38.0. The number of carbonyl (C=O) groups is 2. The van der Waals surface area contributed by atoms with Crippen LogP contribution < -0.4 is 0 Å². The molecule has 2 aliphatic heterocycles. The van der Waals surface area contributed by atoms with Crippen LogP contribution in [0.2, 0.25) is 18.1 Å². The third-order valence-electron chi connectivity index (χ3n) is 6.77. The fourth-order valence-corrected chi connectivity index (χ4v) is 7.72. The van der Waals surface area contributed by atoms with Gasteiger partial charge in [0.1, 0.15) is 16.2 Å². The van der Waals surface area contributed by atoms with E-state index in [1.807, 2.05) is 6.92 Å². The first-order valence-corrected chi connectivity index (χ1v) is 16.7. The molecule has 2 heterocycles. The van der Waals surface area contributed by atoms with Crippen molar-refractivity contribution in [2.75, 3.05) is 6.26 Å². The number of benzene rings is 1. The Bertz CT molecular complexity index is 1080. The Morgan fingerprint density at radius 2 is 1.89 bits per heavy atom. The first kappa shape index (κ1) is 27.6. The lowest BCUT2D eigenvalue weighted by atomic mass is 9.90. The van der Waals surface area contributed by atoms with Crippen LogP contribution in [0.5, 0.6) is 0 Å². The first-order valence-electron chi connectivity index (χ1n) is 11.3. The zero-order chi connectivity index (χ0) is 26.3. The molecule has 1 amide bonds. The molecule has 4 atom stereocenters. The highest BCUT2D eigenvalue weighted by molar-refractivity contribution is 8.17. The molecule has 0 saturated carbocycles. The number of nitro groups is 1. The highest BCUT2D eigenvalue weighted by atomic mass is 32.2. The van der Waals surface area contributed by atoms with Crippen molar-refractivity contribution in [1.82, 2.24) is 4.90 Å². The van der Waals surface area contributed by atoms with Gasteiger partial charge < -0.3 is 9.16 Å². The molecule has 9 nitrogen and oxygen atoms in total. The molecule has 1 unspecified atom stereocenters. The van der Waals surface area contributed by atoms with Crippen molar-refractivity contribution in [3.63, 3.8) is 0 Å². The Labute approximate surface area is 213 Å². The average Bonchev–Trinajstić information content (AvgIpc) is 3.12. The molecular formula is C23H32N2O7S2Si. The molecule has 3 rings (SSSR count). The van der Waals surface area contributed by atoms with Crippen LogP contribution in [0.4, 0.5) is 5.69 Å². The van der Waals surface area contributed by atoms with Gasteiger partial charge in [0.2, 0.25) is 5.91 Å². The molecule has 0 aromatic heterocycles. The minimum absolute atomic E-state index is 0.0170. The third kappa shape index (κ3) is 5.40. The van der Waals surface area contributed by atoms with Crippen molar-refractivity contribution in [2.45, 2.75) is 70.3 Å². The monoisotopic (exact) mass is 540 g/mol. The number of non-ortho nitro benzene ring substituents is 1. The summed E-state index contributed by atoms with van der Waals surface area (Å²) in [7, 11) is -3.62. The van der Waals surface area contributed by atoms with Gasteiger partial charge in [0, 0.05) is 18.4 Å². The highest BCUT2D eigenvalue weighted by Gasteiger charge is 2.60. The maximum Gasteiger partial charge on any atom is 0.357 e. The fourth-order valence-electron chi connectivity index (χ4n) is 3.74. The van der Waals surface area contributed by atoms with E-state index in [-0.39, 0.29) is 40.4 Å². The summed E-state index contributed by atoms with van der Waals surface area (Å²) in [5, 5.41) is 10.4. The van der Waals surface area contributed by atoms with Crippen LogP contribution in [0.15, 0.2) is 34.2 Å². The van der Waals surface area contributed by atoms with Crippen LogP contribution in [-0.4, -0.2) is 52.0 Å².